The average molecular weight is 370 g/mol. The number of benzene rings is 1. The molecule has 0 saturated carbocycles. The lowest BCUT2D eigenvalue weighted by molar-refractivity contribution is 0.0534. The van der Waals surface area contributed by atoms with Crippen LogP contribution in [0.2, 0.25) is 0 Å². The van der Waals surface area contributed by atoms with Crippen molar-refractivity contribution >= 4 is 11.8 Å². The summed E-state index contributed by atoms with van der Waals surface area (Å²) in [6, 6.07) is 6.99. The van der Waals surface area contributed by atoms with Crippen molar-refractivity contribution in [2.45, 2.75) is 13.3 Å². The van der Waals surface area contributed by atoms with E-state index >= 15 is 0 Å². The Morgan fingerprint density at radius 3 is 2.22 bits per heavy atom. The Bertz CT molecular complexity index is 852. The van der Waals surface area contributed by atoms with Gasteiger partial charge in [0.25, 0.3) is 11.8 Å². The van der Waals surface area contributed by atoms with Crippen LogP contribution in [0.5, 0.6) is 11.5 Å². The first-order chi connectivity index (χ1) is 13.1. The van der Waals surface area contributed by atoms with E-state index in [9.17, 15) is 9.59 Å². The number of hydrogen-bond donors (Lipinski definition) is 0. The molecule has 1 fully saturated rings. The fourth-order valence-corrected chi connectivity index (χ4v) is 3.37. The van der Waals surface area contributed by atoms with Crippen LogP contribution in [0.15, 0.2) is 34.9 Å². The zero-order valence-corrected chi connectivity index (χ0v) is 15.3. The number of aryl methyl sites for hydroxylation is 1. The van der Waals surface area contributed by atoms with Crippen molar-refractivity contribution in [3.05, 3.63) is 47.4 Å². The molecule has 142 valence electrons. The predicted molar refractivity (Wildman–Crippen MR) is 97.3 cm³/mol. The lowest BCUT2D eigenvalue weighted by Gasteiger charge is -2.34. The topological polar surface area (TPSA) is 72.2 Å². The van der Waals surface area contributed by atoms with Crippen molar-refractivity contribution < 1.29 is 23.5 Å². The summed E-state index contributed by atoms with van der Waals surface area (Å²) in [5.41, 5.74) is 1.15. The van der Waals surface area contributed by atoms with Crippen LogP contribution >= 0.6 is 0 Å². The number of ether oxygens (including phenoxy) is 2. The fraction of sp³-hybridized carbons (Fsp3) is 0.400. The van der Waals surface area contributed by atoms with Crippen LogP contribution in [0.3, 0.4) is 0 Å². The lowest BCUT2D eigenvalue weighted by Crippen LogP contribution is -2.50. The molecule has 2 amide bonds. The van der Waals surface area contributed by atoms with E-state index in [0.717, 1.165) is 6.42 Å². The minimum atomic E-state index is -0.0581. The van der Waals surface area contributed by atoms with E-state index in [1.165, 1.54) is 6.26 Å². The predicted octanol–water partition coefficient (Wildman–Crippen LogP) is 2.35. The van der Waals surface area contributed by atoms with Crippen LogP contribution in [0.25, 0.3) is 0 Å². The maximum absolute atomic E-state index is 12.8. The summed E-state index contributed by atoms with van der Waals surface area (Å²) in [5.74, 6) is 1.80. The van der Waals surface area contributed by atoms with Crippen LogP contribution in [0.4, 0.5) is 0 Å². The van der Waals surface area contributed by atoms with Crippen molar-refractivity contribution in [1.29, 1.82) is 0 Å². The second-order valence-corrected chi connectivity index (χ2v) is 6.69. The number of amides is 2. The molecular formula is C20H22N2O5. The molecule has 0 radical (unpaired) electrons. The molecule has 2 aromatic rings. The summed E-state index contributed by atoms with van der Waals surface area (Å²) in [7, 11) is 0. The Hall–Kier alpha value is -2.96. The van der Waals surface area contributed by atoms with Crippen LogP contribution in [-0.4, -0.2) is 61.0 Å². The quantitative estimate of drug-likeness (QED) is 0.811. The van der Waals surface area contributed by atoms with Crippen LogP contribution < -0.4 is 9.47 Å². The van der Waals surface area contributed by atoms with Crippen molar-refractivity contribution in [3.63, 3.8) is 0 Å². The van der Waals surface area contributed by atoms with Gasteiger partial charge in [-0.05, 0) is 31.2 Å². The van der Waals surface area contributed by atoms with Crippen molar-refractivity contribution in [3.8, 4) is 11.5 Å². The molecule has 0 atom stereocenters. The number of fused-ring (bicyclic) bond motifs is 1. The van der Waals surface area contributed by atoms with E-state index in [2.05, 4.69) is 0 Å². The molecule has 0 bridgehead atoms. The lowest BCUT2D eigenvalue weighted by atomic mass is 10.1. The second kappa shape index (κ2) is 7.34. The van der Waals surface area contributed by atoms with Crippen LogP contribution in [0.1, 0.15) is 32.9 Å². The van der Waals surface area contributed by atoms with Crippen LogP contribution in [-0.2, 0) is 0 Å². The standard InChI is InChI=1S/C20H22N2O5/c1-14-16(5-12-25-14)20(24)22-8-6-21(7-9-22)19(23)15-3-4-17-18(13-15)27-11-2-10-26-17/h3-5,12-13H,2,6-11H2,1H3. The minimum Gasteiger partial charge on any atom is -0.490 e. The van der Waals surface area contributed by atoms with Gasteiger partial charge in [-0.2, -0.15) is 0 Å². The largest absolute Gasteiger partial charge is 0.490 e. The summed E-state index contributed by atoms with van der Waals surface area (Å²) >= 11 is 0. The van der Waals surface area contributed by atoms with Crippen molar-refractivity contribution in [1.82, 2.24) is 9.80 Å². The highest BCUT2D eigenvalue weighted by Gasteiger charge is 2.27. The Labute approximate surface area is 157 Å². The molecule has 7 nitrogen and oxygen atoms in total. The zero-order valence-electron chi connectivity index (χ0n) is 15.3. The Kier molecular flexibility index (Phi) is 4.75. The van der Waals surface area contributed by atoms with Crippen molar-refractivity contribution in [2.75, 3.05) is 39.4 Å². The third-order valence-corrected chi connectivity index (χ3v) is 4.94. The maximum Gasteiger partial charge on any atom is 0.257 e. The fourth-order valence-electron chi connectivity index (χ4n) is 3.37. The number of nitrogens with zero attached hydrogens (tertiary/aromatic N) is 2. The highest BCUT2D eigenvalue weighted by atomic mass is 16.5. The molecular weight excluding hydrogens is 348 g/mol. The molecule has 0 spiro atoms. The molecule has 2 aliphatic rings. The van der Waals surface area contributed by atoms with Gasteiger partial charge in [0.05, 0.1) is 25.0 Å². The molecule has 0 aliphatic carbocycles. The summed E-state index contributed by atoms with van der Waals surface area (Å²) < 4.78 is 16.5. The number of rotatable bonds is 2. The second-order valence-electron chi connectivity index (χ2n) is 6.69. The SMILES string of the molecule is Cc1occc1C(=O)N1CCN(C(=O)c2ccc3c(c2)OCCCO3)CC1. The summed E-state index contributed by atoms with van der Waals surface area (Å²) in [6.45, 7) is 4.97. The van der Waals surface area contributed by atoms with Gasteiger partial charge in [0.2, 0.25) is 0 Å². The number of carbonyl (C=O) groups excluding carboxylic acids is 2. The molecule has 0 N–H and O–H groups in total. The molecule has 0 unspecified atom stereocenters. The van der Waals surface area contributed by atoms with E-state index in [-0.39, 0.29) is 11.8 Å². The first-order valence-electron chi connectivity index (χ1n) is 9.16. The van der Waals surface area contributed by atoms with Gasteiger partial charge in [-0.25, -0.2) is 0 Å². The smallest absolute Gasteiger partial charge is 0.257 e. The number of hydrogen-bond acceptors (Lipinski definition) is 5. The first-order valence-corrected chi connectivity index (χ1v) is 9.16. The minimum absolute atomic E-state index is 0.0519. The molecule has 2 aliphatic heterocycles. The third kappa shape index (κ3) is 3.49. The van der Waals surface area contributed by atoms with Gasteiger partial charge in [-0.15, -0.1) is 0 Å². The highest BCUT2D eigenvalue weighted by molar-refractivity contribution is 5.96. The molecule has 1 aromatic heterocycles. The highest BCUT2D eigenvalue weighted by Crippen LogP contribution is 2.31. The molecule has 4 rings (SSSR count). The van der Waals surface area contributed by atoms with Gasteiger partial charge in [0, 0.05) is 38.2 Å². The van der Waals surface area contributed by atoms with E-state index in [1.54, 1.807) is 41.0 Å². The number of carbonyl (C=O) groups is 2. The summed E-state index contributed by atoms with van der Waals surface area (Å²) in [4.78, 5) is 28.9. The Morgan fingerprint density at radius 1 is 0.889 bits per heavy atom. The van der Waals surface area contributed by atoms with Crippen molar-refractivity contribution in [2.24, 2.45) is 0 Å². The summed E-state index contributed by atoms with van der Waals surface area (Å²) in [5, 5.41) is 0. The molecule has 1 aromatic carbocycles. The van der Waals surface area contributed by atoms with Gasteiger partial charge in [0.1, 0.15) is 5.76 Å². The van der Waals surface area contributed by atoms with Gasteiger partial charge >= 0.3 is 0 Å². The Balaban J connectivity index is 1.41. The van der Waals surface area contributed by atoms with E-state index in [4.69, 9.17) is 13.9 Å². The van der Waals surface area contributed by atoms with Gasteiger partial charge < -0.3 is 23.7 Å². The normalized spacial score (nSPS) is 16.8. The van der Waals surface area contributed by atoms with Gasteiger partial charge in [-0.1, -0.05) is 0 Å². The van der Waals surface area contributed by atoms with E-state index in [0.29, 0.717) is 67.8 Å². The molecule has 1 saturated heterocycles. The van der Waals surface area contributed by atoms with E-state index < -0.39 is 0 Å². The summed E-state index contributed by atoms with van der Waals surface area (Å²) in [6.07, 6.45) is 2.34. The maximum atomic E-state index is 12.8. The average Bonchev–Trinajstić information content (AvgIpc) is 2.99. The number of furan rings is 1. The van der Waals surface area contributed by atoms with Gasteiger partial charge in [-0.3, -0.25) is 9.59 Å². The third-order valence-electron chi connectivity index (χ3n) is 4.94. The first kappa shape index (κ1) is 17.5. The monoisotopic (exact) mass is 370 g/mol. The molecule has 7 heteroatoms. The van der Waals surface area contributed by atoms with E-state index in [1.807, 2.05) is 0 Å². The molecule has 27 heavy (non-hydrogen) atoms. The Morgan fingerprint density at radius 2 is 1.56 bits per heavy atom. The zero-order chi connectivity index (χ0) is 18.8. The molecule has 3 heterocycles. The van der Waals surface area contributed by atoms with Crippen LogP contribution in [0, 0.1) is 6.92 Å². The number of piperazine rings is 1. The van der Waals surface area contributed by atoms with Gasteiger partial charge in [0.15, 0.2) is 11.5 Å².